The van der Waals surface area contributed by atoms with E-state index in [1.165, 1.54) is 0 Å². The second kappa shape index (κ2) is 8.11. The number of hydrogen-bond acceptors (Lipinski definition) is 5. The Balaban J connectivity index is 1.53. The molecule has 0 atom stereocenters. The summed E-state index contributed by atoms with van der Waals surface area (Å²) in [5.74, 6) is 0.895. The smallest absolute Gasteiger partial charge is 0.232 e. The third-order valence-corrected chi connectivity index (χ3v) is 6.65. The lowest BCUT2D eigenvalue weighted by atomic mass is 9.99. The van der Waals surface area contributed by atoms with Gasteiger partial charge in [-0.05, 0) is 44.7 Å². The molecule has 6 heteroatoms. The van der Waals surface area contributed by atoms with E-state index in [4.69, 9.17) is 4.74 Å². The van der Waals surface area contributed by atoms with Crippen LogP contribution in [0.3, 0.4) is 0 Å². The van der Waals surface area contributed by atoms with Crippen LogP contribution in [0.2, 0.25) is 0 Å². The van der Waals surface area contributed by atoms with Crippen LogP contribution in [-0.4, -0.2) is 58.5 Å². The molecule has 0 bridgehead atoms. The first-order chi connectivity index (χ1) is 15.5. The molecule has 32 heavy (non-hydrogen) atoms. The molecule has 1 saturated heterocycles. The van der Waals surface area contributed by atoms with Gasteiger partial charge in [-0.15, -0.1) is 0 Å². The van der Waals surface area contributed by atoms with Gasteiger partial charge in [0.1, 0.15) is 11.5 Å². The van der Waals surface area contributed by atoms with Crippen molar-refractivity contribution in [1.29, 1.82) is 0 Å². The predicted octanol–water partition coefficient (Wildman–Crippen LogP) is 4.04. The van der Waals surface area contributed by atoms with E-state index in [1.807, 2.05) is 25.1 Å². The van der Waals surface area contributed by atoms with Crippen molar-refractivity contribution in [3.8, 4) is 11.5 Å². The van der Waals surface area contributed by atoms with Gasteiger partial charge in [-0.1, -0.05) is 18.2 Å². The van der Waals surface area contributed by atoms with E-state index >= 15 is 0 Å². The number of carbonyl (C=O) groups is 1. The highest BCUT2D eigenvalue weighted by atomic mass is 16.5. The zero-order valence-electron chi connectivity index (χ0n) is 18.9. The molecule has 5 rings (SSSR count). The van der Waals surface area contributed by atoms with Crippen molar-refractivity contribution in [2.45, 2.75) is 26.9 Å². The average Bonchev–Trinajstić information content (AvgIpc) is 3.31. The molecule has 0 aliphatic carbocycles. The largest absolute Gasteiger partial charge is 0.507 e. The van der Waals surface area contributed by atoms with Gasteiger partial charge in [0.25, 0.3) is 0 Å². The zero-order valence-corrected chi connectivity index (χ0v) is 18.9. The van der Waals surface area contributed by atoms with Crippen LogP contribution >= 0.6 is 0 Å². The Kier molecular flexibility index (Phi) is 5.27. The first kappa shape index (κ1) is 20.8. The SMILES string of the molecule is CCn1cc(/C=C2/Oc3c(CN4CCN(C)CC4)c(O)cc(C)c3C2=O)c2ccccc21. The Hall–Kier alpha value is -3.09. The first-order valence-corrected chi connectivity index (χ1v) is 11.2. The molecule has 6 nitrogen and oxygen atoms in total. The summed E-state index contributed by atoms with van der Waals surface area (Å²) >= 11 is 0. The maximum atomic E-state index is 13.3. The normalized spacial score (nSPS) is 18.5. The Bertz CT molecular complexity index is 1230. The minimum Gasteiger partial charge on any atom is -0.507 e. The van der Waals surface area contributed by atoms with Crippen molar-refractivity contribution in [2.24, 2.45) is 0 Å². The minimum absolute atomic E-state index is 0.120. The van der Waals surface area contributed by atoms with Crippen LogP contribution in [-0.2, 0) is 13.1 Å². The summed E-state index contributed by atoms with van der Waals surface area (Å²) in [6.45, 7) is 9.19. The van der Waals surface area contributed by atoms with E-state index in [9.17, 15) is 9.90 Å². The van der Waals surface area contributed by atoms with E-state index in [0.717, 1.165) is 54.8 Å². The maximum Gasteiger partial charge on any atom is 0.232 e. The Morgan fingerprint density at radius 3 is 2.66 bits per heavy atom. The highest BCUT2D eigenvalue weighted by Gasteiger charge is 2.34. The topological polar surface area (TPSA) is 57.9 Å². The van der Waals surface area contributed by atoms with Gasteiger partial charge in [0.15, 0.2) is 5.76 Å². The summed E-state index contributed by atoms with van der Waals surface area (Å²) < 4.78 is 8.35. The van der Waals surface area contributed by atoms with Crippen molar-refractivity contribution in [3.63, 3.8) is 0 Å². The third kappa shape index (κ3) is 3.49. The van der Waals surface area contributed by atoms with Crippen LogP contribution in [0.1, 0.15) is 34.0 Å². The Labute approximate surface area is 188 Å². The van der Waals surface area contributed by atoms with E-state index in [1.54, 1.807) is 6.07 Å². The second-order valence-electron chi connectivity index (χ2n) is 8.80. The molecule has 3 aromatic rings. The van der Waals surface area contributed by atoms with E-state index in [-0.39, 0.29) is 11.5 Å². The second-order valence-corrected chi connectivity index (χ2v) is 8.80. The quantitative estimate of drug-likeness (QED) is 0.632. The number of ether oxygens (including phenoxy) is 1. The molecule has 1 aromatic heterocycles. The molecule has 0 saturated carbocycles. The molecule has 0 amide bonds. The van der Waals surface area contributed by atoms with Crippen LogP contribution in [0, 0.1) is 6.92 Å². The highest BCUT2D eigenvalue weighted by Crippen LogP contribution is 2.42. The number of allylic oxidation sites excluding steroid dienone is 1. The number of benzene rings is 2. The van der Waals surface area contributed by atoms with Crippen LogP contribution in [0.25, 0.3) is 17.0 Å². The van der Waals surface area contributed by atoms with Crippen molar-refractivity contribution < 1.29 is 14.6 Å². The van der Waals surface area contributed by atoms with Gasteiger partial charge in [-0.25, -0.2) is 0 Å². The lowest BCUT2D eigenvalue weighted by molar-refractivity contribution is 0.101. The fraction of sp³-hybridized carbons (Fsp3) is 0.346. The summed E-state index contributed by atoms with van der Waals surface area (Å²) in [6.07, 6.45) is 3.90. The summed E-state index contributed by atoms with van der Waals surface area (Å²) in [5.41, 5.74) is 4.10. The Morgan fingerprint density at radius 2 is 1.91 bits per heavy atom. The molecule has 0 spiro atoms. The summed E-state index contributed by atoms with van der Waals surface area (Å²) in [7, 11) is 2.12. The number of hydrogen-bond donors (Lipinski definition) is 1. The predicted molar refractivity (Wildman–Crippen MR) is 126 cm³/mol. The first-order valence-electron chi connectivity index (χ1n) is 11.2. The standard InChI is InChI=1S/C26H29N3O3/c1-4-29-15-18(19-7-5-6-8-21(19)29)14-23-25(31)24-17(2)13-22(30)20(26(24)32-23)16-28-11-9-27(3)10-12-28/h5-8,13-15,30H,4,9-12,16H2,1-3H3/b23-14+. The number of likely N-dealkylation sites (N-methyl/N-ethyl adjacent to an activating group) is 1. The number of aromatic hydroxyl groups is 1. The van der Waals surface area contributed by atoms with Gasteiger partial charge in [0.05, 0.1) is 11.1 Å². The monoisotopic (exact) mass is 431 g/mol. The number of piperazine rings is 1. The minimum atomic E-state index is -0.120. The van der Waals surface area contributed by atoms with Crippen molar-refractivity contribution in [2.75, 3.05) is 33.2 Å². The molecule has 1 fully saturated rings. The molecular weight excluding hydrogens is 402 g/mol. The number of aromatic nitrogens is 1. The molecule has 2 aliphatic rings. The highest BCUT2D eigenvalue weighted by molar-refractivity contribution is 6.16. The fourth-order valence-corrected chi connectivity index (χ4v) is 4.76. The molecule has 2 aliphatic heterocycles. The lowest BCUT2D eigenvalue weighted by Crippen LogP contribution is -2.43. The fourth-order valence-electron chi connectivity index (χ4n) is 4.76. The number of para-hydroxylation sites is 1. The summed E-state index contributed by atoms with van der Waals surface area (Å²) in [4.78, 5) is 17.9. The average molecular weight is 432 g/mol. The third-order valence-electron chi connectivity index (χ3n) is 6.65. The summed E-state index contributed by atoms with van der Waals surface area (Å²) in [6, 6.07) is 9.87. The van der Waals surface area contributed by atoms with Gasteiger partial charge in [-0.3, -0.25) is 9.69 Å². The van der Waals surface area contributed by atoms with E-state index in [2.05, 4.69) is 46.7 Å². The van der Waals surface area contributed by atoms with E-state index < -0.39 is 0 Å². The Morgan fingerprint density at radius 1 is 1.16 bits per heavy atom. The van der Waals surface area contributed by atoms with Crippen molar-refractivity contribution >= 4 is 22.8 Å². The molecular formula is C26H29N3O3. The van der Waals surface area contributed by atoms with Gasteiger partial charge < -0.3 is 19.3 Å². The number of rotatable bonds is 4. The molecule has 0 unspecified atom stereocenters. The van der Waals surface area contributed by atoms with Crippen LogP contribution in [0.5, 0.6) is 11.5 Å². The van der Waals surface area contributed by atoms with Crippen LogP contribution < -0.4 is 4.74 Å². The molecule has 0 radical (unpaired) electrons. The number of aryl methyl sites for hydroxylation is 2. The van der Waals surface area contributed by atoms with Gasteiger partial charge in [-0.2, -0.15) is 0 Å². The number of fused-ring (bicyclic) bond motifs is 2. The maximum absolute atomic E-state index is 13.3. The van der Waals surface area contributed by atoms with Gasteiger partial charge >= 0.3 is 0 Å². The van der Waals surface area contributed by atoms with Crippen molar-refractivity contribution in [3.05, 3.63) is 64.5 Å². The molecule has 2 aromatic carbocycles. The number of Topliss-reactive ketones (excluding diaryl/α,β-unsaturated/α-hetero) is 1. The van der Waals surface area contributed by atoms with Gasteiger partial charge in [0.2, 0.25) is 5.78 Å². The van der Waals surface area contributed by atoms with Gasteiger partial charge in [0, 0.05) is 61.9 Å². The van der Waals surface area contributed by atoms with Crippen LogP contribution in [0.15, 0.2) is 42.3 Å². The van der Waals surface area contributed by atoms with E-state index in [0.29, 0.717) is 29.2 Å². The number of ketones is 1. The van der Waals surface area contributed by atoms with Crippen LogP contribution in [0.4, 0.5) is 0 Å². The number of phenols is 1. The molecule has 3 heterocycles. The number of nitrogens with zero attached hydrogens (tertiary/aromatic N) is 3. The van der Waals surface area contributed by atoms with Crippen molar-refractivity contribution in [1.82, 2.24) is 14.4 Å². The molecule has 1 N–H and O–H groups in total. The lowest BCUT2D eigenvalue weighted by Gasteiger charge is -2.32. The molecule has 166 valence electrons. The zero-order chi connectivity index (χ0) is 22.4. The summed E-state index contributed by atoms with van der Waals surface area (Å²) in [5, 5.41) is 11.8. The number of carbonyl (C=O) groups excluding carboxylic acids is 1. The number of phenolic OH excluding ortho intramolecular Hbond substituents is 1.